The van der Waals surface area contributed by atoms with Crippen LogP contribution in [-0.4, -0.2) is 9.55 Å². The summed E-state index contributed by atoms with van der Waals surface area (Å²) in [5.41, 5.74) is 3.11. The van der Waals surface area contributed by atoms with Crippen LogP contribution in [0.25, 0.3) is 22.0 Å². The molecule has 1 fully saturated rings. The monoisotopic (exact) mass is 416 g/mol. The van der Waals surface area contributed by atoms with Crippen molar-refractivity contribution < 1.29 is 8.78 Å². The number of rotatable bonds is 4. The number of fused-ring (bicyclic) bond motifs is 1. The van der Waals surface area contributed by atoms with Crippen molar-refractivity contribution in [1.82, 2.24) is 9.55 Å². The summed E-state index contributed by atoms with van der Waals surface area (Å²) in [6.07, 6.45) is 4.03. The second-order valence-electron chi connectivity index (χ2n) is 8.37. The molecular formula is C26H22F2N2O. The third-order valence-electron chi connectivity index (χ3n) is 5.83. The Labute approximate surface area is 179 Å². The van der Waals surface area contributed by atoms with Crippen LogP contribution in [0.1, 0.15) is 41.4 Å². The van der Waals surface area contributed by atoms with Crippen molar-refractivity contribution in [2.45, 2.75) is 39.2 Å². The summed E-state index contributed by atoms with van der Waals surface area (Å²) in [6, 6.07) is 14.3. The zero-order valence-electron chi connectivity index (χ0n) is 17.5. The van der Waals surface area contributed by atoms with Gasteiger partial charge in [-0.2, -0.15) is 0 Å². The molecule has 1 aliphatic carbocycles. The number of hydrogen-bond donors (Lipinski definition) is 0. The van der Waals surface area contributed by atoms with E-state index in [1.807, 2.05) is 34.9 Å². The van der Waals surface area contributed by atoms with Crippen molar-refractivity contribution in [2.24, 2.45) is 0 Å². The first-order chi connectivity index (χ1) is 14.9. The van der Waals surface area contributed by atoms with E-state index < -0.39 is 11.6 Å². The Morgan fingerprint density at radius 1 is 1.03 bits per heavy atom. The summed E-state index contributed by atoms with van der Waals surface area (Å²) in [5, 5.41) is 0.0987. The molecule has 0 radical (unpaired) electrons. The fraction of sp³-hybridized carbons (Fsp3) is 0.231. The highest BCUT2D eigenvalue weighted by molar-refractivity contribution is 5.87. The van der Waals surface area contributed by atoms with E-state index >= 15 is 8.78 Å². The minimum atomic E-state index is -0.730. The van der Waals surface area contributed by atoms with Gasteiger partial charge in [0.15, 0.2) is 11.2 Å². The van der Waals surface area contributed by atoms with Crippen LogP contribution in [-0.2, 0) is 6.42 Å². The van der Waals surface area contributed by atoms with Crippen molar-refractivity contribution in [3.8, 4) is 11.1 Å². The van der Waals surface area contributed by atoms with Gasteiger partial charge in [-0.15, -0.1) is 0 Å². The second kappa shape index (κ2) is 7.41. The fourth-order valence-electron chi connectivity index (χ4n) is 4.32. The molecule has 5 heteroatoms. The molecule has 2 heterocycles. The van der Waals surface area contributed by atoms with Gasteiger partial charge in [-0.3, -0.25) is 9.78 Å². The van der Waals surface area contributed by atoms with Gasteiger partial charge in [0.2, 0.25) is 0 Å². The molecule has 0 bridgehead atoms. The van der Waals surface area contributed by atoms with E-state index in [1.54, 1.807) is 32.2 Å². The molecule has 156 valence electrons. The van der Waals surface area contributed by atoms with Gasteiger partial charge in [-0.05, 0) is 56.0 Å². The van der Waals surface area contributed by atoms with Gasteiger partial charge >= 0.3 is 0 Å². The molecule has 0 aliphatic heterocycles. The van der Waals surface area contributed by atoms with Crippen molar-refractivity contribution in [2.75, 3.05) is 0 Å². The number of aryl methyl sites for hydroxylation is 2. The van der Waals surface area contributed by atoms with Crippen LogP contribution in [0.2, 0.25) is 0 Å². The predicted molar refractivity (Wildman–Crippen MR) is 118 cm³/mol. The molecule has 1 aliphatic rings. The van der Waals surface area contributed by atoms with Gasteiger partial charge in [0.1, 0.15) is 5.82 Å². The molecule has 0 N–H and O–H groups in total. The zero-order valence-corrected chi connectivity index (χ0v) is 17.5. The minimum Gasteiger partial charge on any atom is -0.342 e. The molecule has 0 spiro atoms. The first-order valence-electron chi connectivity index (χ1n) is 10.5. The molecule has 4 aromatic rings. The van der Waals surface area contributed by atoms with E-state index in [9.17, 15) is 4.79 Å². The van der Waals surface area contributed by atoms with Crippen LogP contribution in [0.3, 0.4) is 0 Å². The second-order valence-corrected chi connectivity index (χ2v) is 8.37. The molecule has 31 heavy (non-hydrogen) atoms. The lowest BCUT2D eigenvalue weighted by Gasteiger charge is -2.17. The van der Waals surface area contributed by atoms with Crippen LogP contribution in [0.15, 0.2) is 59.5 Å². The minimum absolute atomic E-state index is 0.0987. The molecule has 2 aromatic heterocycles. The topological polar surface area (TPSA) is 34.9 Å². The Morgan fingerprint density at radius 2 is 1.71 bits per heavy atom. The number of benzene rings is 2. The van der Waals surface area contributed by atoms with E-state index in [4.69, 9.17) is 0 Å². The Balaban J connectivity index is 1.77. The molecule has 3 nitrogen and oxygen atoms in total. The van der Waals surface area contributed by atoms with Crippen molar-refractivity contribution in [3.63, 3.8) is 0 Å². The van der Waals surface area contributed by atoms with Gasteiger partial charge in [0.25, 0.3) is 0 Å². The SMILES string of the molecule is Cc1cc(-c2c(F)cc3c(=O)c(Cc4ccccc4)cn(C4CC4)c3c2F)cc(C)n1. The average molecular weight is 416 g/mol. The average Bonchev–Trinajstić information content (AvgIpc) is 3.56. The summed E-state index contributed by atoms with van der Waals surface area (Å²) in [4.78, 5) is 17.5. The van der Waals surface area contributed by atoms with E-state index in [1.165, 1.54) is 6.07 Å². The molecule has 1 saturated carbocycles. The maximum Gasteiger partial charge on any atom is 0.193 e. The zero-order chi connectivity index (χ0) is 21.7. The lowest BCUT2D eigenvalue weighted by atomic mass is 9.98. The molecule has 0 atom stereocenters. The first kappa shape index (κ1) is 19.6. The van der Waals surface area contributed by atoms with Gasteiger partial charge in [0.05, 0.1) is 16.5 Å². The first-order valence-corrected chi connectivity index (χ1v) is 10.5. The van der Waals surface area contributed by atoms with Crippen LogP contribution in [0.5, 0.6) is 0 Å². The van der Waals surface area contributed by atoms with Crippen molar-refractivity contribution >= 4 is 10.9 Å². The molecule has 2 aromatic carbocycles. The van der Waals surface area contributed by atoms with E-state index in [-0.39, 0.29) is 27.9 Å². The van der Waals surface area contributed by atoms with Gasteiger partial charge in [0, 0.05) is 35.6 Å². The highest BCUT2D eigenvalue weighted by atomic mass is 19.1. The molecule has 0 amide bonds. The third kappa shape index (κ3) is 3.54. The standard InChI is InChI=1S/C26H22F2N2O/c1-15-10-18(11-16(2)29-15)23-22(27)13-21-25(24(23)28)30(20-8-9-20)14-19(26(21)31)12-17-6-4-3-5-7-17/h3-7,10-11,13-14,20H,8-9,12H2,1-2H3. The fourth-order valence-corrected chi connectivity index (χ4v) is 4.32. The summed E-state index contributed by atoms with van der Waals surface area (Å²) < 4.78 is 32.9. The van der Waals surface area contributed by atoms with E-state index in [0.29, 0.717) is 28.9 Å². The number of nitrogens with zero attached hydrogens (tertiary/aromatic N) is 2. The van der Waals surface area contributed by atoms with Crippen LogP contribution in [0.4, 0.5) is 8.78 Å². The molecular weight excluding hydrogens is 394 g/mol. The Kier molecular flexibility index (Phi) is 4.69. The van der Waals surface area contributed by atoms with Gasteiger partial charge < -0.3 is 4.57 Å². The van der Waals surface area contributed by atoms with Crippen molar-refractivity contribution in [1.29, 1.82) is 0 Å². The summed E-state index contributed by atoms with van der Waals surface area (Å²) in [7, 11) is 0. The van der Waals surface area contributed by atoms with E-state index in [2.05, 4.69) is 4.98 Å². The predicted octanol–water partition coefficient (Wildman–Crippen LogP) is 5.88. The van der Waals surface area contributed by atoms with Gasteiger partial charge in [-0.25, -0.2) is 8.78 Å². The highest BCUT2D eigenvalue weighted by Crippen LogP contribution is 2.40. The van der Waals surface area contributed by atoms with Crippen LogP contribution >= 0.6 is 0 Å². The molecule has 5 rings (SSSR count). The Hall–Kier alpha value is -3.34. The summed E-state index contributed by atoms with van der Waals surface area (Å²) in [6.45, 7) is 3.59. The van der Waals surface area contributed by atoms with Crippen molar-refractivity contribution in [3.05, 3.63) is 99.1 Å². The number of aromatic nitrogens is 2. The summed E-state index contributed by atoms with van der Waals surface area (Å²) in [5.74, 6) is -1.42. The van der Waals surface area contributed by atoms with Crippen LogP contribution in [0, 0.1) is 25.5 Å². The van der Waals surface area contributed by atoms with E-state index in [0.717, 1.165) is 18.4 Å². The molecule has 0 saturated heterocycles. The number of hydrogen-bond acceptors (Lipinski definition) is 2. The lowest BCUT2D eigenvalue weighted by molar-refractivity contribution is 0.589. The quantitative estimate of drug-likeness (QED) is 0.416. The maximum atomic E-state index is 15.8. The largest absolute Gasteiger partial charge is 0.342 e. The Bertz CT molecular complexity index is 1350. The normalized spacial score (nSPS) is 13.7. The number of pyridine rings is 2. The lowest BCUT2D eigenvalue weighted by Crippen LogP contribution is -2.17. The molecule has 0 unspecified atom stereocenters. The maximum absolute atomic E-state index is 15.8. The Morgan fingerprint density at radius 3 is 2.35 bits per heavy atom. The third-order valence-corrected chi connectivity index (χ3v) is 5.83. The smallest absolute Gasteiger partial charge is 0.193 e. The highest BCUT2D eigenvalue weighted by Gasteiger charge is 2.29. The van der Waals surface area contributed by atoms with Crippen LogP contribution < -0.4 is 5.43 Å². The van der Waals surface area contributed by atoms with Gasteiger partial charge in [-0.1, -0.05) is 30.3 Å². The number of halogens is 2. The summed E-state index contributed by atoms with van der Waals surface area (Å²) >= 11 is 0.